The Bertz CT molecular complexity index is 393. The quantitative estimate of drug-likeness (QED) is 0.155. The van der Waals surface area contributed by atoms with E-state index in [9.17, 15) is 0 Å². The molecule has 0 saturated carbocycles. The summed E-state index contributed by atoms with van der Waals surface area (Å²) in [5.74, 6) is 0. The average molecular weight is 483 g/mol. The van der Waals surface area contributed by atoms with Crippen LogP contribution in [-0.2, 0) is 21.2 Å². The third kappa shape index (κ3) is 17.0. The smallest absolute Gasteiger partial charge is 0.322 e. The van der Waals surface area contributed by atoms with E-state index < -0.39 is 34.2 Å². The third-order valence-electron chi connectivity index (χ3n) is 4.37. The molecule has 0 atom stereocenters. The van der Waals surface area contributed by atoms with Crippen molar-refractivity contribution in [1.29, 1.82) is 0 Å². The van der Waals surface area contributed by atoms with E-state index in [4.69, 9.17) is 21.2 Å². The van der Waals surface area contributed by atoms with Crippen molar-refractivity contribution >= 4 is 34.2 Å². The second-order valence-electron chi connectivity index (χ2n) is 9.72. The molecule has 0 rings (SSSR count). The normalized spacial score (nSPS) is 13.9. The molecule has 0 unspecified atom stereocenters. The summed E-state index contributed by atoms with van der Waals surface area (Å²) < 4.78 is 31.8. The van der Waals surface area contributed by atoms with Gasteiger partial charge in [0.2, 0.25) is 0 Å². The minimum Gasteiger partial charge on any atom is -0.416 e. The van der Waals surface area contributed by atoms with E-state index >= 15 is 0 Å². The molecule has 29 heavy (non-hydrogen) atoms. The lowest BCUT2D eigenvalue weighted by Gasteiger charge is -2.40. The van der Waals surface area contributed by atoms with Crippen molar-refractivity contribution in [2.45, 2.75) is 118 Å². The van der Waals surface area contributed by atoms with Crippen molar-refractivity contribution < 1.29 is 21.2 Å². The van der Waals surface area contributed by atoms with Crippen LogP contribution in [0.3, 0.4) is 0 Å². The fraction of sp³-hybridized carbons (Fsp3) is 1.00. The molecule has 0 spiro atoms. The highest BCUT2D eigenvalue weighted by Gasteiger charge is 2.44. The molecular formula is C20H50O5Si4. The Morgan fingerprint density at radius 2 is 0.724 bits per heavy atom. The van der Waals surface area contributed by atoms with Crippen LogP contribution in [-0.4, -0.2) is 47.5 Å². The molecule has 0 aromatic rings. The lowest BCUT2D eigenvalue weighted by molar-refractivity contribution is 0.205. The van der Waals surface area contributed by atoms with Gasteiger partial charge in [0, 0.05) is 13.2 Å². The van der Waals surface area contributed by atoms with Crippen molar-refractivity contribution in [2.75, 3.05) is 13.2 Å². The highest BCUT2D eigenvalue weighted by Crippen LogP contribution is 2.25. The molecule has 0 fully saturated rings. The van der Waals surface area contributed by atoms with Gasteiger partial charge in [0.15, 0.2) is 0 Å². The van der Waals surface area contributed by atoms with Crippen LogP contribution < -0.4 is 0 Å². The predicted octanol–water partition coefficient (Wildman–Crippen LogP) is 7.04. The number of unbranched alkanes of at least 4 members (excludes halogenated alkanes) is 6. The van der Waals surface area contributed by atoms with Gasteiger partial charge in [-0.2, -0.15) is 0 Å². The highest BCUT2D eigenvalue weighted by atomic mass is 28.5. The number of hydrogen-bond donors (Lipinski definition) is 0. The van der Waals surface area contributed by atoms with Crippen LogP contribution in [0.5, 0.6) is 0 Å². The molecule has 0 amide bonds. The minimum absolute atomic E-state index is 0.785. The van der Waals surface area contributed by atoms with E-state index in [2.05, 4.69) is 66.2 Å². The molecule has 0 aliphatic rings. The van der Waals surface area contributed by atoms with Gasteiger partial charge in [-0.3, -0.25) is 0 Å². The van der Waals surface area contributed by atoms with E-state index in [1.54, 1.807) is 0 Å². The van der Waals surface area contributed by atoms with Crippen LogP contribution in [0.1, 0.15) is 65.2 Å². The lowest BCUT2D eigenvalue weighted by Crippen LogP contribution is -2.57. The first kappa shape index (κ1) is 29.7. The lowest BCUT2D eigenvalue weighted by atomic mass is 10.2. The van der Waals surface area contributed by atoms with Crippen LogP contribution in [0.2, 0.25) is 52.4 Å². The summed E-state index contributed by atoms with van der Waals surface area (Å²) >= 11 is 0. The summed E-state index contributed by atoms with van der Waals surface area (Å²) in [5, 5.41) is 0. The van der Waals surface area contributed by atoms with Crippen LogP contribution in [0.15, 0.2) is 0 Å². The van der Waals surface area contributed by atoms with Crippen LogP contribution >= 0.6 is 0 Å². The van der Waals surface area contributed by atoms with Crippen molar-refractivity contribution in [3.63, 3.8) is 0 Å². The Morgan fingerprint density at radius 1 is 0.414 bits per heavy atom. The van der Waals surface area contributed by atoms with Crippen LogP contribution in [0, 0.1) is 0 Å². The third-order valence-corrected chi connectivity index (χ3v) is 18.0. The molecule has 0 aliphatic carbocycles. The Morgan fingerprint density at radius 3 is 1.03 bits per heavy atom. The molecule has 0 aliphatic heterocycles. The highest BCUT2D eigenvalue weighted by molar-refractivity contribution is 6.87. The van der Waals surface area contributed by atoms with Gasteiger partial charge in [-0.05, 0) is 65.2 Å². The van der Waals surface area contributed by atoms with Gasteiger partial charge in [-0.25, -0.2) is 0 Å². The van der Waals surface area contributed by atoms with E-state index in [1.807, 2.05) is 0 Å². The molecule has 9 heteroatoms. The Labute approximate surface area is 186 Å². The van der Waals surface area contributed by atoms with Gasteiger partial charge in [0.05, 0.1) is 0 Å². The first-order valence-electron chi connectivity index (χ1n) is 11.6. The van der Waals surface area contributed by atoms with Crippen LogP contribution in [0.4, 0.5) is 0 Å². The molecule has 0 radical (unpaired) electrons. The molecule has 0 aromatic carbocycles. The molecule has 0 aromatic heterocycles. The minimum atomic E-state index is -2.36. The summed E-state index contributed by atoms with van der Waals surface area (Å²) in [5.41, 5.74) is 0. The van der Waals surface area contributed by atoms with E-state index in [0.717, 1.165) is 26.1 Å². The number of hydrogen-bond acceptors (Lipinski definition) is 5. The molecule has 0 heterocycles. The topological polar surface area (TPSA) is 46.2 Å². The average Bonchev–Trinajstić information content (AvgIpc) is 2.50. The summed E-state index contributed by atoms with van der Waals surface area (Å²) in [7, 11) is -9.13. The second-order valence-corrected chi connectivity index (χ2v) is 23.9. The first-order chi connectivity index (χ1) is 13.2. The summed E-state index contributed by atoms with van der Waals surface area (Å²) in [6.45, 7) is 23.0. The standard InChI is InChI=1S/C20H50O5Si4/c1-11-13-15-17-19-21-26(3,4)23-28(7,8)25-29(9,10)24-27(5,6)22-20-18-16-14-12-2/h11-20H2,1-10H3. The van der Waals surface area contributed by atoms with Crippen molar-refractivity contribution in [1.82, 2.24) is 0 Å². The summed E-state index contributed by atoms with van der Waals surface area (Å²) in [4.78, 5) is 0. The van der Waals surface area contributed by atoms with Gasteiger partial charge in [-0.15, -0.1) is 0 Å². The van der Waals surface area contributed by atoms with Gasteiger partial charge in [0.25, 0.3) is 0 Å². The van der Waals surface area contributed by atoms with Crippen molar-refractivity contribution in [2.24, 2.45) is 0 Å². The van der Waals surface area contributed by atoms with E-state index in [0.29, 0.717) is 0 Å². The Balaban J connectivity index is 4.53. The van der Waals surface area contributed by atoms with E-state index in [-0.39, 0.29) is 0 Å². The SMILES string of the molecule is CCCCCCO[Si](C)(C)O[Si](C)(C)O[Si](C)(C)O[Si](C)(C)OCCCCCC. The molecule has 0 N–H and O–H groups in total. The molecule has 5 nitrogen and oxygen atoms in total. The van der Waals surface area contributed by atoms with Gasteiger partial charge >= 0.3 is 34.2 Å². The fourth-order valence-corrected chi connectivity index (χ4v) is 20.6. The zero-order chi connectivity index (χ0) is 22.6. The van der Waals surface area contributed by atoms with Gasteiger partial charge in [-0.1, -0.05) is 52.4 Å². The summed E-state index contributed by atoms with van der Waals surface area (Å²) in [6, 6.07) is 0. The van der Waals surface area contributed by atoms with Gasteiger partial charge < -0.3 is 21.2 Å². The number of rotatable bonds is 18. The maximum atomic E-state index is 6.53. The Kier molecular flexibility index (Phi) is 14.3. The first-order valence-corrected chi connectivity index (χ1v) is 22.9. The second kappa shape index (κ2) is 13.9. The fourth-order valence-electron chi connectivity index (χ4n) is 3.57. The van der Waals surface area contributed by atoms with Gasteiger partial charge in [0.1, 0.15) is 0 Å². The zero-order valence-corrected chi connectivity index (χ0v) is 25.1. The summed E-state index contributed by atoms with van der Waals surface area (Å²) in [6.07, 6.45) is 9.69. The maximum absolute atomic E-state index is 6.53. The molecular weight excluding hydrogens is 433 g/mol. The Hall–Kier alpha value is 0.668. The maximum Gasteiger partial charge on any atom is 0.322 e. The molecule has 176 valence electrons. The predicted molar refractivity (Wildman–Crippen MR) is 133 cm³/mol. The van der Waals surface area contributed by atoms with Crippen molar-refractivity contribution in [3.8, 4) is 0 Å². The van der Waals surface area contributed by atoms with Crippen molar-refractivity contribution in [3.05, 3.63) is 0 Å². The monoisotopic (exact) mass is 482 g/mol. The van der Waals surface area contributed by atoms with E-state index in [1.165, 1.54) is 38.5 Å². The zero-order valence-electron chi connectivity index (χ0n) is 21.1. The van der Waals surface area contributed by atoms with Crippen LogP contribution in [0.25, 0.3) is 0 Å². The molecule has 0 bridgehead atoms. The molecule has 0 saturated heterocycles. The largest absolute Gasteiger partial charge is 0.416 e.